The van der Waals surface area contributed by atoms with E-state index in [2.05, 4.69) is 35.9 Å². The lowest BCUT2D eigenvalue weighted by Gasteiger charge is -2.31. The van der Waals surface area contributed by atoms with Crippen LogP contribution in [0.5, 0.6) is 0 Å². The second kappa shape index (κ2) is 5.31. The predicted molar refractivity (Wildman–Crippen MR) is 83.3 cm³/mol. The zero-order valence-corrected chi connectivity index (χ0v) is 12.3. The Morgan fingerprint density at radius 3 is 2.55 bits per heavy atom. The van der Waals surface area contributed by atoms with Gasteiger partial charge >= 0.3 is 0 Å². The van der Waals surface area contributed by atoms with Gasteiger partial charge in [-0.1, -0.05) is 26.0 Å². The summed E-state index contributed by atoms with van der Waals surface area (Å²) in [6.45, 7) is 4.70. The first-order chi connectivity index (χ1) is 9.61. The van der Waals surface area contributed by atoms with E-state index in [1.54, 1.807) is 0 Å². The summed E-state index contributed by atoms with van der Waals surface area (Å²) in [5, 5.41) is 4.59. The molecule has 1 aliphatic carbocycles. The quantitative estimate of drug-likeness (QED) is 0.833. The highest BCUT2D eigenvalue weighted by Crippen LogP contribution is 2.36. The Kier molecular flexibility index (Phi) is 3.51. The van der Waals surface area contributed by atoms with Gasteiger partial charge < -0.3 is 5.73 Å². The van der Waals surface area contributed by atoms with E-state index in [0.717, 1.165) is 28.7 Å². The molecular formula is C17H23N3. The smallest absolute Gasteiger partial charge is 0.0568 e. The Hall–Kier alpha value is -1.77. The molecular weight excluding hydrogens is 246 g/mol. The van der Waals surface area contributed by atoms with Gasteiger partial charge in [-0.25, -0.2) is 0 Å². The van der Waals surface area contributed by atoms with Crippen LogP contribution in [0.2, 0.25) is 0 Å². The molecule has 0 aliphatic heterocycles. The maximum absolute atomic E-state index is 5.85. The van der Waals surface area contributed by atoms with Crippen molar-refractivity contribution in [1.29, 1.82) is 0 Å². The first-order valence-electron chi connectivity index (χ1n) is 7.52. The zero-order chi connectivity index (χ0) is 14.1. The van der Waals surface area contributed by atoms with Crippen molar-refractivity contribution in [2.75, 3.05) is 5.73 Å². The van der Waals surface area contributed by atoms with Crippen molar-refractivity contribution in [3.8, 4) is 11.1 Å². The molecule has 3 rings (SSSR count). The molecule has 0 radical (unpaired) electrons. The van der Waals surface area contributed by atoms with Crippen LogP contribution in [0.1, 0.15) is 39.2 Å². The standard InChI is InChI=1S/C17H23N3/c1-12-6-13(2)8-17(7-12)20-11-15(10-19-20)14-4-3-5-16(18)9-14/h3-5,9-13,17H,6-8,18H2,1-2H3. The van der Waals surface area contributed by atoms with Crippen LogP contribution in [-0.2, 0) is 0 Å². The van der Waals surface area contributed by atoms with E-state index in [0.29, 0.717) is 6.04 Å². The molecule has 1 aromatic heterocycles. The minimum Gasteiger partial charge on any atom is -0.399 e. The van der Waals surface area contributed by atoms with Crippen LogP contribution in [0.15, 0.2) is 36.7 Å². The molecule has 1 heterocycles. The fourth-order valence-corrected chi connectivity index (χ4v) is 3.53. The van der Waals surface area contributed by atoms with E-state index >= 15 is 0 Å². The van der Waals surface area contributed by atoms with E-state index in [-0.39, 0.29) is 0 Å². The van der Waals surface area contributed by atoms with Crippen LogP contribution in [0, 0.1) is 11.8 Å². The summed E-state index contributed by atoms with van der Waals surface area (Å²) >= 11 is 0. The lowest BCUT2D eigenvalue weighted by molar-refractivity contribution is 0.210. The zero-order valence-electron chi connectivity index (χ0n) is 12.3. The Balaban J connectivity index is 1.83. The third-order valence-corrected chi connectivity index (χ3v) is 4.35. The normalized spacial score (nSPS) is 26.6. The van der Waals surface area contributed by atoms with Crippen molar-refractivity contribution < 1.29 is 0 Å². The fourth-order valence-electron chi connectivity index (χ4n) is 3.53. The van der Waals surface area contributed by atoms with Crippen molar-refractivity contribution in [2.24, 2.45) is 11.8 Å². The molecule has 0 saturated heterocycles. The monoisotopic (exact) mass is 269 g/mol. The molecule has 2 aromatic rings. The summed E-state index contributed by atoms with van der Waals surface area (Å²) in [7, 11) is 0. The van der Waals surface area contributed by atoms with Crippen LogP contribution < -0.4 is 5.73 Å². The average molecular weight is 269 g/mol. The van der Waals surface area contributed by atoms with Crippen molar-refractivity contribution >= 4 is 5.69 Å². The molecule has 2 N–H and O–H groups in total. The summed E-state index contributed by atoms with van der Waals surface area (Å²) in [4.78, 5) is 0. The molecule has 1 aromatic carbocycles. The molecule has 3 nitrogen and oxygen atoms in total. The molecule has 20 heavy (non-hydrogen) atoms. The topological polar surface area (TPSA) is 43.8 Å². The third-order valence-electron chi connectivity index (χ3n) is 4.35. The van der Waals surface area contributed by atoms with Crippen LogP contribution in [-0.4, -0.2) is 9.78 Å². The molecule has 3 heteroatoms. The average Bonchev–Trinajstić information content (AvgIpc) is 2.87. The highest BCUT2D eigenvalue weighted by molar-refractivity contribution is 5.65. The summed E-state index contributed by atoms with van der Waals surface area (Å²) in [5.74, 6) is 1.59. The SMILES string of the molecule is CC1CC(C)CC(n2cc(-c3cccc(N)c3)cn2)C1. The van der Waals surface area contributed by atoms with Gasteiger partial charge in [0.15, 0.2) is 0 Å². The van der Waals surface area contributed by atoms with Crippen molar-refractivity contribution in [3.05, 3.63) is 36.7 Å². The van der Waals surface area contributed by atoms with Gasteiger partial charge in [-0.05, 0) is 48.8 Å². The second-order valence-electron chi connectivity index (χ2n) is 6.41. The Labute approximate surface area is 120 Å². The minimum absolute atomic E-state index is 0.545. The molecule has 2 unspecified atom stereocenters. The number of nitrogen functional groups attached to an aromatic ring is 1. The van der Waals surface area contributed by atoms with E-state index in [9.17, 15) is 0 Å². The molecule has 0 amide bonds. The van der Waals surface area contributed by atoms with E-state index in [1.165, 1.54) is 19.3 Å². The highest BCUT2D eigenvalue weighted by Gasteiger charge is 2.25. The molecule has 0 bridgehead atoms. The highest BCUT2D eigenvalue weighted by atomic mass is 15.3. The number of hydrogen-bond acceptors (Lipinski definition) is 2. The van der Waals surface area contributed by atoms with Gasteiger partial charge in [0.1, 0.15) is 0 Å². The number of rotatable bonds is 2. The maximum Gasteiger partial charge on any atom is 0.0568 e. The van der Waals surface area contributed by atoms with E-state index in [1.807, 2.05) is 24.4 Å². The van der Waals surface area contributed by atoms with Crippen molar-refractivity contribution in [1.82, 2.24) is 9.78 Å². The van der Waals surface area contributed by atoms with Gasteiger partial charge in [-0.2, -0.15) is 5.10 Å². The predicted octanol–water partition coefficient (Wildman–Crippen LogP) is 4.13. The Morgan fingerprint density at radius 1 is 1.10 bits per heavy atom. The van der Waals surface area contributed by atoms with Gasteiger partial charge in [-0.3, -0.25) is 4.68 Å². The Bertz CT molecular complexity index is 577. The van der Waals surface area contributed by atoms with Crippen LogP contribution >= 0.6 is 0 Å². The van der Waals surface area contributed by atoms with Gasteiger partial charge in [0, 0.05) is 17.4 Å². The molecule has 2 atom stereocenters. The summed E-state index contributed by atoms with van der Waals surface area (Å²) < 4.78 is 2.16. The van der Waals surface area contributed by atoms with Gasteiger partial charge in [-0.15, -0.1) is 0 Å². The van der Waals surface area contributed by atoms with Gasteiger partial charge in [0.2, 0.25) is 0 Å². The summed E-state index contributed by atoms with van der Waals surface area (Å²) in [6, 6.07) is 8.55. The van der Waals surface area contributed by atoms with Gasteiger partial charge in [0.25, 0.3) is 0 Å². The molecule has 1 saturated carbocycles. The minimum atomic E-state index is 0.545. The Morgan fingerprint density at radius 2 is 1.85 bits per heavy atom. The first-order valence-corrected chi connectivity index (χ1v) is 7.52. The van der Waals surface area contributed by atoms with E-state index in [4.69, 9.17) is 5.73 Å². The summed E-state index contributed by atoms with van der Waals surface area (Å²) in [6.07, 6.45) is 7.95. The van der Waals surface area contributed by atoms with Crippen LogP contribution in [0.25, 0.3) is 11.1 Å². The maximum atomic E-state index is 5.85. The number of nitrogens with two attached hydrogens (primary N) is 1. The first kappa shape index (κ1) is 13.2. The van der Waals surface area contributed by atoms with Gasteiger partial charge in [0.05, 0.1) is 12.2 Å². The number of nitrogens with zero attached hydrogens (tertiary/aromatic N) is 2. The number of benzene rings is 1. The van der Waals surface area contributed by atoms with E-state index < -0.39 is 0 Å². The number of anilines is 1. The summed E-state index contributed by atoms with van der Waals surface area (Å²) in [5.41, 5.74) is 8.96. The lowest BCUT2D eigenvalue weighted by atomic mass is 9.80. The second-order valence-corrected chi connectivity index (χ2v) is 6.41. The molecule has 1 aliphatic rings. The number of hydrogen-bond donors (Lipinski definition) is 1. The largest absolute Gasteiger partial charge is 0.399 e. The molecule has 106 valence electrons. The van der Waals surface area contributed by atoms with Crippen LogP contribution in [0.4, 0.5) is 5.69 Å². The van der Waals surface area contributed by atoms with Crippen LogP contribution in [0.3, 0.4) is 0 Å². The van der Waals surface area contributed by atoms with Crippen molar-refractivity contribution in [2.45, 2.75) is 39.2 Å². The fraction of sp³-hybridized carbons (Fsp3) is 0.471. The number of aromatic nitrogens is 2. The third kappa shape index (κ3) is 2.72. The lowest BCUT2D eigenvalue weighted by Crippen LogP contribution is -2.22. The van der Waals surface area contributed by atoms with Crippen molar-refractivity contribution in [3.63, 3.8) is 0 Å². The molecule has 0 spiro atoms. The molecule has 1 fully saturated rings.